The monoisotopic (exact) mass is 245 g/mol. The largest absolute Gasteiger partial charge is 0.399 e. The van der Waals surface area contributed by atoms with Gasteiger partial charge in [0.15, 0.2) is 0 Å². The summed E-state index contributed by atoms with van der Waals surface area (Å²) in [5, 5.41) is 2.56. The van der Waals surface area contributed by atoms with Gasteiger partial charge in [-0.15, -0.1) is 0 Å². The van der Waals surface area contributed by atoms with Crippen molar-refractivity contribution in [3.8, 4) is 0 Å². The smallest absolute Gasteiger partial charge is 0.230 e. The number of pyridine rings is 1. The lowest BCUT2D eigenvalue weighted by atomic mass is 10.1. The first kappa shape index (κ1) is 12.0. The number of carbonyl (C=O) groups is 1. The Kier molecular flexibility index (Phi) is 3.52. The number of aromatic nitrogens is 1. The van der Waals surface area contributed by atoms with Crippen LogP contribution in [0.1, 0.15) is 5.56 Å². The second kappa shape index (κ2) is 5.27. The summed E-state index contributed by atoms with van der Waals surface area (Å²) in [7, 11) is 0. The lowest BCUT2D eigenvalue weighted by molar-refractivity contribution is -0.115. The summed E-state index contributed by atoms with van der Waals surface area (Å²) in [6.45, 7) is 0. The Morgan fingerprint density at radius 3 is 2.83 bits per heavy atom. The minimum absolute atomic E-state index is 0.0385. The molecule has 18 heavy (non-hydrogen) atoms. The van der Waals surface area contributed by atoms with Gasteiger partial charge in [-0.1, -0.05) is 18.2 Å². The Morgan fingerprint density at radius 1 is 1.33 bits per heavy atom. The summed E-state index contributed by atoms with van der Waals surface area (Å²) < 4.78 is 13.3. The maximum Gasteiger partial charge on any atom is 0.230 e. The molecule has 4 nitrogen and oxygen atoms in total. The van der Waals surface area contributed by atoms with E-state index in [2.05, 4.69) is 10.3 Å². The fourth-order valence-corrected chi connectivity index (χ4v) is 1.52. The molecule has 92 valence electrons. The van der Waals surface area contributed by atoms with E-state index in [1.807, 2.05) is 0 Å². The topological polar surface area (TPSA) is 68.0 Å². The normalized spacial score (nSPS) is 10.1. The molecular formula is C13H12FN3O. The van der Waals surface area contributed by atoms with Crippen LogP contribution in [-0.2, 0) is 11.2 Å². The first-order chi connectivity index (χ1) is 8.65. The van der Waals surface area contributed by atoms with Gasteiger partial charge in [-0.2, -0.15) is 0 Å². The third kappa shape index (κ3) is 3.04. The molecule has 0 aliphatic carbocycles. The van der Waals surface area contributed by atoms with Crippen LogP contribution in [0.4, 0.5) is 15.9 Å². The van der Waals surface area contributed by atoms with Crippen LogP contribution in [-0.4, -0.2) is 10.9 Å². The maximum atomic E-state index is 13.3. The Hall–Kier alpha value is -2.43. The summed E-state index contributed by atoms with van der Waals surface area (Å²) in [4.78, 5) is 15.6. The molecule has 0 aliphatic heterocycles. The number of nitrogens with one attached hydrogen (secondary N) is 1. The van der Waals surface area contributed by atoms with Crippen molar-refractivity contribution < 1.29 is 9.18 Å². The van der Waals surface area contributed by atoms with E-state index in [1.165, 1.54) is 12.3 Å². The van der Waals surface area contributed by atoms with Gasteiger partial charge in [0.1, 0.15) is 11.6 Å². The number of nitrogen functional groups attached to an aromatic ring is 1. The average molecular weight is 245 g/mol. The quantitative estimate of drug-likeness (QED) is 0.868. The number of hydrogen-bond acceptors (Lipinski definition) is 3. The number of amides is 1. The second-order valence-corrected chi connectivity index (χ2v) is 3.79. The van der Waals surface area contributed by atoms with E-state index < -0.39 is 5.82 Å². The van der Waals surface area contributed by atoms with Gasteiger partial charge >= 0.3 is 0 Å². The molecule has 1 amide bonds. The molecule has 1 aromatic carbocycles. The molecule has 0 spiro atoms. The predicted octanol–water partition coefficient (Wildman–Crippen LogP) is 1.98. The Bertz CT molecular complexity index is 572. The van der Waals surface area contributed by atoms with Crippen LogP contribution in [0.25, 0.3) is 0 Å². The molecule has 0 atom stereocenters. The molecule has 1 aromatic heterocycles. The number of anilines is 2. The van der Waals surface area contributed by atoms with Gasteiger partial charge in [0.05, 0.1) is 6.42 Å². The number of carbonyl (C=O) groups excluding carboxylic acids is 1. The van der Waals surface area contributed by atoms with Gasteiger partial charge in [-0.3, -0.25) is 4.79 Å². The standard InChI is InChI=1S/C13H12FN3O/c14-11-4-2-1-3-9(11)7-13(18)17-12-8-10(15)5-6-16-12/h1-6,8H,7H2,(H3,15,16,17,18). The van der Waals surface area contributed by atoms with E-state index >= 15 is 0 Å². The molecule has 0 saturated heterocycles. The van der Waals surface area contributed by atoms with Crippen molar-refractivity contribution in [2.45, 2.75) is 6.42 Å². The molecule has 3 N–H and O–H groups in total. The maximum absolute atomic E-state index is 13.3. The van der Waals surface area contributed by atoms with Crippen molar-refractivity contribution in [2.75, 3.05) is 11.1 Å². The van der Waals surface area contributed by atoms with Gasteiger partial charge in [0, 0.05) is 18.0 Å². The van der Waals surface area contributed by atoms with Crippen LogP contribution >= 0.6 is 0 Å². The highest BCUT2D eigenvalue weighted by molar-refractivity contribution is 5.91. The summed E-state index contributed by atoms with van der Waals surface area (Å²) in [6, 6.07) is 9.31. The van der Waals surface area contributed by atoms with Gasteiger partial charge in [-0.05, 0) is 17.7 Å². The molecule has 0 fully saturated rings. The van der Waals surface area contributed by atoms with E-state index in [0.717, 1.165) is 0 Å². The highest BCUT2D eigenvalue weighted by Gasteiger charge is 2.08. The molecule has 0 bridgehead atoms. The minimum Gasteiger partial charge on any atom is -0.399 e. The van der Waals surface area contributed by atoms with Crippen LogP contribution in [0.5, 0.6) is 0 Å². The van der Waals surface area contributed by atoms with Gasteiger partial charge < -0.3 is 11.1 Å². The van der Waals surface area contributed by atoms with Gasteiger partial charge in [0.2, 0.25) is 5.91 Å². The third-order valence-electron chi connectivity index (χ3n) is 2.36. The summed E-state index contributed by atoms with van der Waals surface area (Å²) in [6.07, 6.45) is 1.46. The summed E-state index contributed by atoms with van der Waals surface area (Å²) in [5.74, 6) is -0.372. The fourth-order valence-electron chi connectivity index (χ4n) is 1.52. The van der Waals surface area contributed by atoms with Crippen LogP contribution in [0.2, 0.25) is 0 Å². The summed E-state index contributed by atoms with van der Waals surface area (Å²) >= 11 is 0. The number of nitrogens with two attached hydrogens (primary N) is 1. The van der Waals surface area contributed by atoms with Crippen molar-refractivity contribution in [1.29, 1.82) is 0 Å². The molecule has 0 saturated carbocycles. The lowest BCUT2D eigenvalue weighted by Gasteiger charge is -2.05. The van der Waals surface area contributed by atoms with E-state index in [-0.39, 0.29) is 12.3 Å². The molecule has 5 heteroatoms. The zero-order valence-electron chi connectivity index (χ0n) is 9.56. The lowest BCUT2D eigenvalue weighted by Crippen LogP contribution is -2.16. The number of rotatable bonds is 3. The van der Waals surface area contributed by atoms with Crippen molar-refractivity contribution in [2.24, 2.45) is 0 Å². The first-order valence-corrected chi connectivity index (χ1v) is 5.40. The van der Waals surface area contributed by atoms with Crippen LogP contribution in [0.3, 0.4) is 0 Å². The number of halogens is 1. The van der Waals surface area contributed by atoms with E-state index in [4.69, 9.17) is 5.73 Å². The van der Waals surface area contributed by atoms with Crippen LogP contribution < -0.4 is 11.1 Å². The number of hydrogen-bond donors (Lipinski definition) is 2. The Morgan fingerprint density at radius 2 is 2.11 bits per heavy atom. The first-order valence-electron chi connectivity index (χ1n) is 5.40. The van der Waals surface area contributed by atoms with Crippen LogP contribution in [0.15, 0.2) is 42.6 Å². The Balaban J connectivity index is 2.03. The van der Waals surface area contributed by atoms with Crippen LogP contribution in [0, 0.1) is 5.82 Å². The minimum atomic E-state index is -0.395. The van der Waals surface area contributed by atoms with E-state index in [9.17, 15) is 9.18 Å². The predicted molar refractivity (Wildman–Crippen MR) is 67.4 cm³/mol. The second-order valence-electron chi connectivity index (χ2n) is 3.79. The average Bonchev–Trinajstić information content (AvgIpc) is 2.32. The third-order valence-corrected chi connectivity index (χ3v) is 2.36. The highest BCUT2D eigenvalue weighted by atomic mass is 19.1. The van der Waals surface area contributed by atoms with Gasteiger partial charge in [-0.25, -0.2) is 9.37 Å². The number of benzene rings is 1. The zero-order valence-corrected chi connectivity index (χ0v) is 9.56. The SMILES string of the molecule is Nc1ccnc(NC(=O)Cc2ccccc2F)c1. The van der Waals surface area contributed by atoms with Crippen molar-refractivity contribution in [3.05, 3.63) is 54.0 Å². The Labute approximate surface area is 104 Å². The molecule has 0 radical (unpaired) electrons. The zero-order chi connectivity index (χ0) is 13.0. The molecular weight excluding hydrogens is 233 g/mol. The molecule has 2 aromatic rings. The molecule has 0 aliphatic rings. The van der Waals surface area contributed by atoms with Crippen molar-refractivity contribution in [3.63, 3.8) is 0 Å². The molecule has 1 heterocycles. The molecule has 0 unspecified atom stereocenters. The van der Waals surface area contributed by atoms with Crippen molar-refractivity contribution in [1.82, 2.24) is 4.98 Å². The van der Waals surface area contributed by atoms with E-state index in [0.29, 0.717) is 17.1 Å². The van der Waals surface area contributed by atoms with Crippen molar-refractivity contribution >= 4 is 17.4 Å². The van der Waals surface area contributed by atoms with E-state index in [1.54, 1.807) is 30.3 Å². The molecule has 2 rings (SSSR count). The fraction of sp³-hybridized carbons (Fsp3) is 0.0769. The highest BCUT2D eigenvalue weighted by Crippen LogP contribution is 2.10. The number of nitrogens with zero attached hydrogens (tertiary/aromatic N) is 1. The van der Waals surface area contributed by atoms with Gasteiger partial charge in [0.25, 0.3) is 0 Å². The summed E-state index contributed by atoms with van der Waals surface area (Å²) in [5.41, 5.74) is 6.41.